The van der Waals surface area contributed by atoms with E-state index in [-0.39, 0.29) is 11.3 Å². The predicted octanol–water partition coefficient (Wildman–Crippen LogP) is 3.18. The number of nitrogens with zero attached hydrogens (tertiary/aromatic N) is 1. The van der Waals surface area contributed by atoms with E-state index in [9.17, 15) is 4.79 Å². The Labute approximate surface area is 133 Å². The molecule has 5 nitrogen and oxygen atoms in total. The molecule has 0 spiro atoms. The van der Waals surface area contributed by atoms with E-state index in [1.165, 1.54) is 6.26 Å². The van der Waals surface area contributed by atoms with Crippen LogP contribution in [0.5, 0.6) is 11.5 Å². The number of benzene rings is 1. The quantitative estimate of drug-likeness (QED) is 0.866. The highest BCUT2D eigenvalue weighted by molar-refractivity contribution is 7.99. The number of thioether (sulfide) groups is 1. The van der Waals surface area contributed by atoms with E-state index in [1.807, 2.05) is 18.2 Å². The van der Waals surface area contributed by atoms with E-state index in [2.05, 4.69) is 0 Å². The first-order valence-corrected chi connectivity index (χ1v) is 7.98. The van der Waals surface area contributed by atoms with E-state index in [0.717, 1.165) is 11.3 Å². The SMILES string of the molecule is COc1cccc(C2SCCN2C(=O)c2ccco2)c1OC. The number of carbonyl (C=O) groups is 1. The van der Waals surface area contributed by atoms with Crippen molar-refractivity contribution in [3.05, 3.63) is 47.9 Å². The van der Waals surface area contributed by atoms with Crippen molar-refractivity contribution in [3.8, 4) is 11.5 Å². The van der Waals surface area contributed by atoms with Crippen LogP contribution < -0.4 is 9.47 Å². The third-order valence-corrected chi connectivity index (χ3v) is 4.83. The molecule has 3 rings (SSSR count). The maximum Gasteiger partial charge on any atom is 0.290 e. The minimum Gasteiger partial charge on any atom is -0.493 e. The second kappa shape index (κ2) is 6.36. The van der Waals surface area contributed by atoms with Gasteiger partial charge in [-0.2, -0.15) is 0 Å². The highest BCUT2D eigenvalue weighted by atomic mass is 32.2. The first-order chi connectivity index (χ1) is 10.8. The molecule has 0 bridgehead atoms. The third kappa shape index (κ3) is 2.54. The van der Waals surface area contributed by atoms with Gasteiger partial charge in [0.25, 0.3) is 5.91 Å². The fraction of sp³-hybridized carbons (Fsp3) is 0.312. The molecule has 1 saturated heterocycles. The highest BCUT2D eigenvalue weighted by Crippen LogP contribution is 2.45. The van der Waals surface area contributed by atoms with Gasteiger partial charge in [-0.15, -0.1) is 11.8 Å². The minimum absolute atomic E-state index is 0.107. The fourth-order valence-corrected chi connectivity index (χ4v) is 3.86. The summed E-state index contributed by atoms with van der Waals surface area (Å²) < 4.78 is 16.1. The number of ether oxygens (including phenoxy) is 2. The summed E-state index contributed by atoms with van der Waals surface area (Å²) >= 11 is 1.71. The summed E-state index contributed by atoms with van der Waals surface area (Å²) in [6.45, 7) is 0.676. The fourth-order valence-electron chi connectivity index (χ4n) is 2.58. The van der Waals surface area contributed by atoms with E-state index in [1.54, 1.807) is 43.0 Å². The highest BCUT2D eigenvalue weighted by Gasteiger charge is 2.34. The van der Waals surface area contributed by atoms with Crippen molar-refractivity contribution >= 4 is 17.7 Å². The van der Waals surface area contributed by atoms with E-state index < -0.39 is 0 Å². The molecule has 0 saturated carbocycles. The number of furan rings is 1. The Bertz CT molecular complexity index is 656. The van der Waals surface area contributed by atoms with Crippen LogP contribution in [-0.4, -0.2) is 37.3 Å². The molecule has 1 aliphatic heterocycles. The number of methoxy groups -OCH3 is 2. The molecule has 2 aromatic rings. The molecule has 0 aliphatic carbocycles. The lowest BCUT2D eigenvalue weighted by Crippen LogP contribution is -2.30. The lowest BCUT2D eigenvalue weighted by Gasteiger charge is -2.25. The average molecular weight is 319 g/mol. The van der Waals surface area contributed by atoms with Crippen molar-refractivity contribution in [3.63, 3.8) is 0 Å². The Morgan fingerprint density at radius 1 is 1.27 bits per heavy atom. The smallest absolute Gasteiger partial charge is 0.290 e. The largest absolute Gasteiger partial charge is 0.493 e. The van der Waals surface area contributed by atoms with Gasteiger partial charge in [0.05, 0.1) is 20.5 Å². The zero-order valence-corrected chi connectivity index (χ0v) is 13.3. The van der Waals surface area contributed by atoms with Gasteiger partial charge >= 0.3 is 0 Å². The summed E-state index contributed by atoms with van der Waals surface area (Å²) in [5.74, 6) is 2.45. The van der Waals surface area contributed by atoms with Gasteiger partial charge in [-0.1, -0.05) is 12.1 Å². The number of para-hydroxylation sites is 1. The van der Waals surface area contributed by atoms with Crippen LogP contribution in [0.2, 0.25) is 0 Å². The lowest BCUT2D eigenvalue weighted by atomic mass is 10.1. The van der Waals surface area contributed by atoms with Crippen LogP contribution in [0.3, 0.4) is 0 Å². The summed E-state index contributed by atoms with van der Waals surface area (Å²) in [4.78, 5) is 14.4. The Balaban J connectivity index is 1.95. The summed E-state index contributed by atoms with van der Waals surface area (Å²) in [7, 11) is 3.22. The maximum absolute atomic E-state index is 12.6. The molecule has 0 radical (unpaired) electrons. The topological polar surface area (TPSA) is 51.9 Å². The zero-order valence-electron chi connectivity index (χ0n) is 12.4. The minimum atomic E-state index is -0.109. The van der Waals surface area contributed by atoms with Crippen molar-refractivity contribution in [1.29, 1.82) is 0 Å². The molecular formula is C16H17NO4S. The normalized spacial score (nSPS) is 17.5. The Morgan fingerprint density at radius 2 is 2.14 bits per heavy atom. The van der Waals surface area contributed by atoms with Crippen molar-refractivity contribution in [1.82, 2.24) is 4.90 Å². The van der Waals surface area contributed by atoms with E-state index in [4.69, 9.17) is 13.9 Å². The van der Waals surface area contributed by atoms with Crippen molar-refractivity contribution in [2.75, 3.05) is 26.5 Å². The van der Waals surface area contributed by atoms with Crippen molar-refractivity contribution in [2.24, 2.45) is 0 Å². The van der Waals surface area contributed by atoms with Crippen LogP contribution in [0.25, 0.3) is 0 Å². The molecular weight excluding hydrogens is 302 g/mol. The van der Waals surface area contributed by atoms with Gasteiger partial charge in [0, 0.05) is 17.9 Å². The van der Waals surface area contributed by atoms with Gasteiger partial charge in [0.1, 0.15) is 5.37 Å². The zero-order chi connectivity index (χ0) is 15.5. The molecule has 2 heterocycles. The van der Waals surface area contributed by atoms with Gasteiger partial charge in [0.2, 0.25) is 0 Å². The van der Waals surface area contributed by atoms with Gasteiger partial charge in [0.15, 0.2) is 17.3 Å². The molecule has 22 heavy (non-hydrogen) atoms. The molecule has 1 aromatic carbocycles. The van der Waals surface area contributed by atoms with Crippen LogP contribution in [0.15, 0.2) is 41.0 Å². The summed E-state index contributed by atoms with van der Waals surface area (Å²) in [6, 6.07) is 9.13. The maximum atomic E-state index is 12.6. The third-order valence-electron chi connectivity index (χ3n) is 3.58. The van der Waals surface area contributed by atoms with Crippen LogP contribution >= 0.6 is 11.8 Å². The molecule has 1 fully saturated rings. The molecule has 6 heteroatoms. The number of rotatable bonds is 4. The molecule has 1 amide bonds. The Morgan fingerprint density at radius 3 is 2.82 bits per heavy atom. The molecule has 116 valence electrons. The lowest BCUT2D eigenvalue weighted by molar-refractivity contribution is 0.0727. The monoisotopic (exact) mass is 319 g/mol. The average Bonchev–Trinajstić information content (AvgIpc) is 3.24. The number of hydrogen-bond donors (Lipinski definition) is 0. The molecule has 0 N–H and O–H groups in total. The Kier molecular flexibility index (Phi) is 4.29. The van der Waals surface area contributed by atoms with Gasteiger partial charge < -0.3 is 18.8 Å². The van der Waals surface area contributed by atoms with Crippen LogP contribution in [-0.2, 0) is 0 Å². The standard InChI is InChI=1S/C16H17NO4S/c1-19-12-6-3-5-11(14(12)20-2)16-17(8-10-22-16)15(18)13-7-4-9-21-13/h3-7,9,16H,8,10H2,1-2H3. The van der Waals surface area contributed by atoms with Gasteiger partial charge in [-0.25, -0.2) is 0 Å². The van der Waals surface area contributed by atoms with Crippen LogP contribution in [0.1, 0.15) is 21.5 Å². The van der Waals surface area contributed by atoms with Gasteiger partial charge in [-0.05, 0) is 18.2 Å². The summed E-state index contributed by atoms with van der Waals surface area (Å²) in [5, 5.41) is -0.109. The molecule has 1 unspecified atom stereocenters. The Hall–Kier alpha value is -2.08. The summed E-state index contributed by atoms with van der Waals surface area (Å²) in [6.07, 6.45) is 1.51. The second-order valence-corrected chi connectivity index (χ2v) is 5.97. The van der Waals surface area contributed by atoms with Gasteiger partial charge in [-0.3, -0.25) is 4.79 Å². The first kappa shape index (κ1) is 14.8. The number of hydrogen-bond acceptors (Lipinski definition) is 5. The van der Waals surface area contributed by atoms with Crippen molar-refractivity contribution < 1.29 is 18.7 Å². The van der Waals surface area contributed by atoms with E-state index in [0.29, 0.717) is 23.8 Å². The number of carbonyl (C=O) groups excluding carboxylic acids is 1. The number of amides is 1. The second-order valence-electron chi connectivity index (χ2n) is 4.78. The van der Waals surface area contributed by atoms with E-state index >= 15 is 0 Å². The molecule has 1 aromatic heterocycles. The van der Waals surface area contributed by atoms with Crippen LogP contribution in [0.4, 0.5) is 0 Å². The van der Waals surface area contributed by atoms with Crippen molar-refractivity contribution in [2.45, 2.75) is 5.37 Å². The summed E-state index contributed by atoms with van der Waals surface area (Å²) in [5.41, 5.74) is 0.934. The van der Waals surface area contributed by atoms with Crippen LogP contribution in [0, 0.1) is 0 Å². The first-order valence-electron chi connectivity index (χ1n) is 6.93. The predicted molar refractivity (Wildman–Crippen MR) is 84.5 cm³/mol. The molecule has 1 atom stereocenters. The molecule has 1 aliphatic rings.